The molecule has 0 bridgehead atoms. The summed E-state index contributed by atoms with van der Waals surface area (Å²) in [6.45, 7) is 2.19. The topological polar surface area (TPSA) is 66.4 Å². The summed E-state index contributed by atoms with van der Waals surface area (Å²) in [6, 6.07) is 7.90. The third-order valence-corrected chi connectivity index (χ3v) is 3.66. The third-order valence-electron chi connectivity index (χ3n) is 3.06. The maximum atomic E-state index is 11.8. The molecule has 23 heavy (non-hydrogen) atoms. The summed E-state index contributed by atoms with van der Waals surface area (Å²) in [6.07, 6.45) is 5.25. The second-order valence-corrected chi connectivity index (χ2v) is 5.53. The van der Waals surface area contributed by atoms with E-state index in [1.165, 1.54) is 24.2 Å². The van der Waals surface area contributed by atoms with E-state index in [0.29, 0.717) is 15.6 Å². The second kappa shape index (κ2) is 8.50. The number of anilines is 1. The first-order valence-electron chi connectivity index (χ1n) is 7.04. The van der Waals surface area contributed by atoms with E-state index in [1.807, 2.05) is 24.3 Å². The van der Waals surface area contributed by atoms with Gasteiger partial charge < -0.3 is 5.32 Å². The Morgan fingerprint density at radius 2 is 2.04 bits per heavy atom. The van der Waals surface area contributed by atoms with Gasteiger partial charge in [-0.2, -0.15) is 5.10 Å². The Kier molecular flexibility index (Phi) is 6.38. The lowest BCUT2D eigenvalue weighted by molar-refractivity contribution is -0.119. The number of aromatic nitrogens is 1. The van der Waals surface area contributed by atoms with Crippen molar-refractivity contribution in [3.8, 4) is 0 Å². The predicted octanol–water partition coefficient (Wildman–Crippen LogP) is 3.51. The fourth-order valence-electron chi connectivity index (χ4n) is 1.84. The molecule has 1 aromatic heterocycles. The zero-order chi connectivity index (χ0) is 16.7. The standard InChI is InChI=1S/C16H16Cl2N4O/c1-2-11-4-3-5-12(6-11)20-10-16(23)22-21-7-13-14(17)8-19-9-15(13)18/h3-9,20H,2,10H2,1H3,(H,22,23)/b21-7+. The molecular formula is C16H16Cl2N4O. The highest BCUT2D eigenvalue weighted by molar-refractivity contribution is 6.38. The van der Waals surface area contributed by atoms with E-state index < -0.39 is 0 Å². The van der Waals surface area contributed by atoms with Crippen LogP contribution in [0.5, 0.6) is 0 Å². The molecule has 2 N–H and O–H groups in total. The van der Waals surface area contributed by atoms with Crippen molar-refractivity contribution in [3.63, 3.8) is 0 Å². The molecule has 0 saturated carbocycles. The molecule has 0 radical (unpaired) electrons. The number of pyridine rings is 1. The largest absolute Gasteiger partial charge is 0.376 e. The van der Waals surface area contributed by atoms with E-state index >= 15 is 0 Å². The molecule has 0 atom stereocenters. The van der Waals surface area contributed by atoms with Gasteiger partial charge in [0.15, 0.2) is 0 Å². The lowest BCUT2D eigenvalue weighted by Gasteiger charge is -2.06. The number of carbonyl (C=O) groups excluding carboxylic acids is 1. The minimum atomic E-state index is -0.274. The average molecular weight is 351 g/mol. The van der Waals surface area contributed by atoms with E-state index in [1.54, 1.807) is 0 Å². The molecule has 0 unspecified atom stereocenters. The number of hydrazone groups is 1. The van der Waals surface area contributed by atoms with Gasteiger partial charge in [-0.1, -0.05) is 42.3 Å². The van der Waals surface area contributed by atoms with Crippen LogP contribution in [0.4, 0.5) is 5.69 Å². The van der Waals surface area contributed by atoms with Gasteiger partial charge >= 0.3 is 0 Å². The monoisotopic (exact) mass is 350 g/mol. The number of benzene rings is 1. The first-order valence-corrected chi connectivity index (χ1v) is 7.79. The van der Waals surface area contributed by atoms with E-state index in [4.69, 9.17) is 23.2 Å². The Hall–Kier alpha value is -2.11. The predicted molar refractivity (Wildman–Crippen MR) is 94.3 cm³/mol. The lowest BCUT2D eigenvalue weighted by Crippen LogP contribution is -2.25. The number of hydrogen-bond acceptors (Lipinski definition) is 4. The third kappa shape index (κ3) is 5.23. The quantitative estimate of drug-likeness (QED) is 0.618. The van der Waals surface area contributed by atoms with Crippen molar-refractivity contribution in [2.24, 2.45) is 5.10 Å². The molecule has 0 aliphatic rings. The Bertz CT molecular complexity index is 699. The number of halogens is 2. The normalized spacial score (nSPS) is 10.7. The Morgan fingerprint density at radius 1 is 1.30 bits per heavy atom. The van der Waals surface area contributed by atoms with Crippen LogP contribution >= 0.6 is 23.2 Å². The molecule has 5 nitrogen and oxygen atoms in total. The van der Waals surface area contributed by atoms with Gasteiger partial charge in [-0.05, 0) is 24.1 Å². The number of amides is 1. The van der Waals surface area contributed by atoms with Gasteiger partial charge in [-0.3, -0.25) is 9.78 Å². The summed E-state index contributed by atoms with van der Waals surface area (Å²) in [5.74, 6) is -0.274. The molecule has 0 spiro atoms. The maximum absolute atomic E-state index is 11.8. The summed E-state index contributed by atoms with van der Waals surface area (Å²) in [7, 11) is 0. The number of nitrogens with one attached hydrogen (secondary N) is 2. The van der Waals surface area contributed by atoms with E-state index in [-0.39, 0.29) is 12.5 Å². The van der Waals surface area contributed by atoms with Crippen LogP contribution < -0.4 is 10.7 Å². The zero-order valence-electron chi connectivity index (χ0n) is 12.5. The van der Waals surface area contributed by atoms with Crippen molar-refractivity contribution in [2.45, 2.75) is 13.3 Å². The number of hydrogen-bond donors (Lipinski definition) is 2. The number of nitrogens with zero attached hydrogens (tertiary/aromatic N) is 2. The summed E-state index contributed by atoms with van der Waals surface area (Å²) < 4.78 is 0. The van der Waals surface area contributed by atoms with Crippen molar-refractivity contribution in [3.05, 3.63) is 57.8 Å². The van der Waals surface area contributed by atoms with E-state index in [0.717, 1.165) is 12.1 Å². The number of rotatable bonds is 6. The van der Waals surface area contributed by atoms with Crippen LogP contribution in [0.2, 0.25) is 10.0 Å². The van der Waals surface area contributed by atoms with Gasteiger partial charge in [0.25, 0.3) is 5.91 Å². The molecule has 2 aromatic rings. The Labute approximate surface area is 144 Å². The van der Waals surface area contributed by atoms with Gasteiger partial charge in [0.1, 0.15) is 0 Å². The van der Waals surface area contributed by atoms with E-state index in [9.17, 15) is 4.79 Å². The molecule has 0 aliphatic heterocycles. The fraction of sp³-hybridized carbons (Fsp3) is 0.188. The van der Waals surface area contributed by atoms with Crippen LogP contribution in [0.15, 0.2) is 41.8 Å². The summed E-state index contributed by atoms with van der Waals surface area (Å²) in [5, 5.41) is 7.62. The van der Waals surface area contributed by atoms with Crippen LogP contribution in [-0.2, 0) is 11.2 Å². The number of carbonyl (C=O) groups is 1. The van der Waals surface area contributed by atoms with E-state index in [2.05, 4.69) is 27.8 Å². The van der Waals surface area contributed by atoms with Crippen LogP contribution in [0, 0.1) is 0 Å². The summed E-state index contributed by atoms with van der Waals surface area (Å²) in [5.41, 5.74) is 5.02. The summed E-state index contributed by atoms with van der Waals surface area (Å²) >= 11 is 11.9. The highest BCUT2D eigenvalue weighted by atomic mass is 35.5. The van der Waals surface area contributed by atoms with Crippen molar-refractivity contribution in [1.29, 1.82) is 0 Å². The lowest BCUT2D eigenvalue weighted by atomic mass is 10.1. The second-order valence-electron chi connectivity index (χ2n) is 4.72. The number of aryl methyl sites for hydroxylation is 1. The van der Waals surface area contributed by atoms with Crippen molar-refractivity contribution >= 4 is 41.0 Å². The molecule has 0 aliphatic carbocycles. The van der Waals surface area contributed by atoms with Gasteiger partial charge in [0, 0.05) is 23.6 Å². The Morgan fingerprint density at radius 3 is 2.74 bits per heavy atom. The molecule has 7 heteroatoms. The summed E-state index contributed by atoms with van der Waals surface area (Å²) in [4.78, 5) is 15.6. The Balaban J connectivity index is 1.86. The highest BCUT2D eigenvalue weighted by Crippen LogP contribution is 2.20. The first-order chi connectivity index (χ1) is 11.1. The molecule has 0 saturated heterocycles. The van der Waals surface area contributed by atoms with Crippen LogP contribution in [-0.4, -0.2) is 23.7 Å². The molecule has 1 heterocycles. The van der Waals surface area contributed by atoms with Gasteiger partial charge in [0.2, 0.25) is 0 Å². The fourth-order valence-corrected chi connectivity index (χ4v) is 2.30. The van der Waals surface area contributed by atoms with Crippen LogP contribution in [0.25, 0.3) is 0 Å². The smallest absolute Gasteiger partial charge is 0.259 e. The maximum Gasteiger partial charge on any atom is 0.259 e. The molecule has 120 valence electrons. The molecule has 0 fully saturated rings. The molecule has 1 amide bonds. The first kappa shape index (κ1) is 17.2. The highest BCUT2D eigenvalue weighted by Gasteiger charge is 2.04. The average Bonchev–Trinajstić information content (AvgIpc) is 2.56. The van der Waals surface area contributed by atoms with Crippen LogP contribution in [0.1, 0.15) is 18.1 Å². The van der Waals surface area contributed by atoms with Crippen molar-refractivity contribution < 1.29 is 4.79 Å². The minimum absolute atomic E-state index is 0.113. The minimum Gasteiger partial charge on any atom is -0.376 e. The van der Waals surface area contributed by atoms with Gasteiger partial charge in [-0.15, -0.1) is 0 Å². The van der Waals surface area contributed by atoms with Crippen molar-refractivity contribution in [1.82, 2.24) is 10.4 Å². The zero-order valence-corrected chi connectivity index (χ0v) is 14.0. The van der Waals surface area contributed by atoms with Gasteiger partial charge in [-0.25, -0.2) is 5.43 Å². The molecule has 2 rings (SSSR count). The van der Waals surface area contributed by atoms with Gasteiger partial charge in [0.05, 0.1) is 22.8 Å². The SMILES string of the molecule is CCc1cccc(NCC(=O)N/N=C/c2c(Cl)cncc2Cl)c1. The van der Waals surface area contributed by atoms with Crippen molar-refractivity contribution in [2.75, 3.05) is 11.9 Å². The van der Waals surface area contributed by atoms with Crippen LogP contribution in [0.3, 0.4) is 0 Å². The molecular weight excluding hydrogens is 335 g/mol. The molecule has 1 aromatic carbocycles.